The molecule has 1 aromatic heterocycles. The van der Waals surface area contributed by atoms with Crippen molar-refractivity contribution in [2.45, 2.75) is 53.0 Å². The second-order valence-corrected chi connectivity index (χ2v) is 4.82. The molecular formula is C14H27N3. The van der Waals surface area contributed by atoms with Crippen LogP contribution in [0.5, 0.6) is 0 Å². The molecule has 0 saturated heterocycles. The van der Waals surface area contributed by atoms with E-state index in [1.165, 1.54) is 30.5 Å². The lowest BCUT2D eigenvalue weighted by Gasteiger charge is -2.26. The van der Waals surface area contributed by atoms with Crippen molar-refractivity contribution >= 4 is 0 Å². The van der Waals surface area contributed by atoms with Crippen molar-refractivity contribution in [1.82, 2.24) is 15.1 Å². The minimum absolute atomic E-state index is 0.457. The second kappa shape index (κ2) is 6.80. The molecule has 1 heterocycles. The summed E-state index contributed by atoms with van der Waals surface area (Å²) in [5.74, 6) is 0.699. The third-order valence-electron chi connectivity index (χ3n) is 3.74. The highest BCUT2D eigenvalue weighted by atomic mass is 15.3. The van der Waals surface area contributed by atoms with Crippen LogP contribution < -0.4 is 5.32 Å². The summed E-state index contributed by atoms with van der Waals surface area (Å²) in [6.45, 7) is 10.0. The second-order valence-electron chi connectivity index (χ2n) is 4.82. The van der Waals surface area contributed by atoms with Crippen LogP contribution in [-0.2, 0) is 7.05 Å². The molecule has 1 N–H and O–H groups in total. The molecule has 1 atom stereocenters. The van der Waals surface area contributed by atoms with Crippen molar-refractivity contribution in [2.24, 2.45) is 13.0 Å². The SMILES string of the molecule is CCCNC(c1cnn(C)c1C)C(CC)CC. The van der Waals surface area contributed by atoms with Crippen LogP contribution in [0.15, 0.2) is 6.20 Å². The summed E-state index contributed by atoms with van der Waals surface area (Å²) in [6, 6.07) is 0.457. The highest BCUT2D eigenvalue weighted by Crippen LogP contribution is 2.29. The Hall–Kier alpha value is -0.830. The lowest BCUT2D eigenvalue weighted by Crippen LogP contribution is -2.29. The molecular weight excluding hydrogens is 210 g/mol. The summed E-state index contributed by atoms with van der Waals surface area (Å²) in [7, 11) is 2.02. The number of hydrogen-bond donors (Lipinski definition) is 1. The predicted molar refractivity (Wildman–Crippen MR) is 73.1 cm³/mol. The zero-order valence-corrected chi connectivity index (χ0v) is 12.0. The van der Waals surface area contributed by atoms with Crippen molar-refractivity contribution in [1.29, 1.82) is 0 Å². The van der Waals surface area contributed by atoms with Gasteiger partial charge in [-0.1, -0.05) is 33.6 Å². The first-order valence-corrected chi connectivity index (χ1v) is 6.87. The minimum Gasteiger partial charge on any atom is -0.310 e. The average Bonchev–Trinajstić information content (AvgIpc) is 2.66. The van der Waals surface area contributed by atoms with Crippen molar-refractivity contribution < 1.29 is 0 Å². The molecule has 0 aliphatic carbocycles. The van der Waals surface area contributed by atoms with E-state index in [4.69, 9.17) is 0 Å². The van der Waals surface area contributed by atoms with E-state index >= 15 is 0 Å². The molecule has 0 fully saturated rings. The quantitative estimate of drug-likeness (QED) is 0.789. The zero-order chi connectivity index (χ0) is 12.8. The minimum atomic E-state index is 0.457. The van der Waals surface area contributed by atoms with Crippen LogP contribution >= 0.6 is 0 Å². The van der Waals surface area contributed by atoms with Gasteiger partial charge in [0.05, 0.1) is 6.20 Å². The van der Waals surface area contributed by atoms with Gasteiger partial charge in [-0.05, 0) is 25.8 Å². The van der Waals surface area contributed by atoms with Gasteiger partial charge in [0.25, 0.3) is 0 Å². The van der Waals surface area contributed by atoms with Gasteiger partial charge in [0.15, 0.2) is 0 Å². The van der Waals surface area contributed by atoms with Gasteiger partial charge in [0.1, 0.15) is 0 Å². The smallest absolute Gasteiger partial charge is 0.0540 e. The fourth-order valence-corrected chi connectivity index (χ4v) is 2.41. The summed E-state index contributed by atoms with van der Waals surface area (Å²) in [6.07, 6.45) is 5.63. The van der Waals surface area contributed by atoms with Gasteiger partial charge >= 0.3 is 0 Å². The Kier molecular flexibility index (Phi) is 5.69. The van der Waals surface area contributed by atoms with Crippen molar-refractivity contribution in [2.75, 3.05) is 6.54 Å². The Morgan fingerprint density at radius 2 is 1.94 bits per heavy atom. The fraction of sp³-hybridized carbons (Fsp3) is 0.786. The first kappa shape index (κ1) is 14.2. The molecule has 1 rings (SSSR count). The van der Waals surface area contributed by atoms with Gasteiger partial charge in [-0.25, -0.2) is 0 Å². The maximum absolute atomic E-state index is 4.37. The van der Waals surface area contributed by atoms with Crippen LogP contribution in [0, 0.1) is 12.8 Å². The van der Waals surface area contributed by atoms with E-state index < -0.39 is 0 Å². The average molecular weight is 237 g/mol. The predicted octanol–water partition coefficient (Wildman–Crippen LogP) is 3.21. The lowest BCUT2D eigenvalue weighted by molar-refractivity contribution is 0.340. The molecule has 0 amide bonds. The maximum Gasteiger partial charge on any atom is 0.0540 e. The van der Waals surface area contributed by atoms with E-state index in [9.17, 15) is 0 Å². The molecule has 1 aromatic rings. The Morgan fingerprint density at radius 1 is 1.29 bits per heavy atom. The zero-order valence-electron chi connectivity index (χ0n) is 12.0. The molecule has 3 heteroatoms. The molecule has 1 unspecified atom stereocenters. The molecule has 17 heavy (non-hydrogen) atoms. The Morgan fingerprint density at radius 3 is 2.35 bits per heavy atom. The molecule has 0 aromatic carbocycles. The van der Waals surface area contributed by atoms with Crippen molar-refractivity contribution in [3.05, 3.63) is 17.5 Å². The summed E-state index contributed by atoms with van der Waals surface area (Å²) in [5.41, 5.74) is 2.65. The molecule has 98 valence electrons. The Bertz CT molecular complexity index is 326. The highest BCUT2D eigenvalue weighted by Gasteiger charge is 2.22. The summed E-state index contributed by atoms with van der Waals surface area (Å²) < 4.78 is 1.97. The van der Waals surface area contributed by atoms with Crippen LogP contribution in [0.25, 0.3) is 0 Å². The van der Waals surface area contributed by atoms with E-state index in [1.807, 2.05) is 17.9 Å². The fourth-order valence-electron chi connectivity index (χ4n) is 2.41. The Labute approximate surface area is 106 Å². The number of nitrogens with zero attached hydrogens (tertiary/aromatic N) is 2. The molecule has 0 radical (unpaired) electrons. The van der Waals surface area contributed by atoms with Gasteiger partial charge in [0, 0.05) is 24.3 Å². The third kappa shape index (κ3) is 3.32. The van der Waals surface area contributed by atoms with Gasteiger partial charge in [-0.15, -0.1) is 0 Å². The van der Waals surface area contributed by atoms with Crippen LogP contribution in [0.2, 0.25) is 0 Å². The number of aromatic nitrogens is 2. The molecule has 0 aliphatic heterocycles. The number of hydrogen-bond acceptors (Lipinski definition) is 2. The molecule has 3 nitrogen and oxygen atoms in total. The Balaban J connectivity index is 2.92. The van der Waals surface area contributed by atoms with E-state index in [2.05, 4.69) is 38.1 Å². The number of nitrogens with one attached hydrogen (secondary N) is 1. The largest absolute Gasteiger partial charge is 0.310 e. The van der Waals surface area contributed by atoms with Crippen LogP contribution in [0.1, 0.15) is 57.3 Å². The normalized spacial score (nSPS) is 13.3. The van der Waals surface area contributed by atoms with Crippen LogP contribution in [0.4, 0.5) is 0 Å². The van der Waals surface area contributed by atoms with Gasteiger partial charge < -0.3 is 5.32 Å². The van der Waals surface area contributed by atoms with Crippen molar-refractivity contribution in [3.8, 4) is 0 Å². The van der Waals surface area contributed by atoms with E-state index in [0.29, 0.717) is 12.0 Å². The maximum atomic E-state index is 4.37. The summed E-state index contributed by atoms with van der Waals surface area (Å²) in [5, 5.41) is 8.06. The molecule has 0 aliphatic rings. The highest BCUT2D eigenvalue weighted by molar-refractivity contribution is 5.21. The number of rotatable bonds is 7. The lowest BCUT2D eigenvalue weighted by atomic mass is 9.89. The van der Waals surface area contributed by atoms with Crippen LogP contribution in [0.3, 0.4) is 0 Å². The first-order valence-electron chi connectivity index (χ1n) is 6.87. The molecule has 0 saturated carbocycles. The van der Waals surface area contributed by atoms with E-state index in [-0.39, 0.29) is 0 Å². The monoisotopic (exact) mass is 237 g/mol. The first-order chi connectivity index (χ1) is 8.15. The van der Waals surface area contributed by atoms with Gasteiger partial charge in [-0.3, -0.25) is 4.68 Å². The van der Waals surface area contributed by atoms with E-state index in [0.717, 1.165) is 6.54 Å². The standard InChI is InChI=1S/C14H27N3/c1-6-9-15-14(12(7-2)8-3)13-10-16-17(5)11(13)4/h10,12,14-15H,6-9H2,1-5H3. The summed E-state index contributed by atoms with van der Waals surface area (Å²) >= 11 is 0. The summed E-state index contributed by atoms with van der Waals surface area (Å²) in [4.78, 5) is 0. The van der Waals surface area contributed by atoms with Crippen molar-refractivity contribution in [3.63, 3.8) is 0 Å². The van der Waals surface area contributed by atoms with Crippen LogP contribution in [-0.4, -0.2) is 16.3 Å². The van der Waals surface area contributed by atoms with Gasteiger partial charge in [-0.2, -0.15) is 5.10 Å². The molecule has 0 spiro atoms. The third-order valence-corrected chi connectivity index (χ3v) is 3.74. The van der Waals surface area contributed by atoms with E-state index in [1.54, 1.807) is 0 Å². The van der Waals surface area contributed by atoms with Gasteiger partial charge in [0.2, 0.25) is 0 Å². The molecule has 0 bridgehead atoms. The topological polar surface area (TPSA) is 29.9 Å². The number of aryl methyl sites for hydroxylation is 1.